The Hall–Kier alpha value is -0.300. The minimum absolute atomic E-state index is 0.328. The number of aliphatic hydroxyl groups is 1. The Morgan fingerprint density at radius 3 is 2.17 bits per heavy atom. The minimum Gasteiger partial charge on any atom is -0.396 e. The molecule has 0 rings (SSSR count). The fourth-order valence-corrected chi connectivity index (χ4v) is 1.08. The average Bonchev–Trinajstić information content (AvgIpc) is 2.00. The van der Waals surface area contributed by atoms with Crippen molar-refractivity contribution in [2.45, 2.75) is 47.0 Å². The van der Waals surface area contributed by atoms with Crippen LogP contribution in [-0.2, 0) is 0 Å². The van der Waals surface area contributed by atoms with E-state index in [-0.39, 0.29) is 0 Å². The first-order valence-electron chi connectivity index (χ1n) is 4.81. The zero-order chi connectivity index (χ0) is 9.56. The monoisotopic (exact) mass is 170 g/mol. The van der Waals surface area contributed by atoms with Crippen molar-refractivity contribution < 1.29 is 5.11 Å². The van der Waals surface area contributed by atoms with Gasteiger partial charge in [0.25, 0.3) is 0 Å². The van der Waals surface area contributed by atoms with Crippen LogP contribution in [0, 0.1) is 5.92 Å². The van der Waals surface area contributed by atoms with Crippen LogP contribution in [0.1, 0.15) is 47.0 Å². The van der Waals surface area contributed by atoms with Crippen LogP contribution in [0.3, 0.4) is 0 Å². The van der Waals surface area contributed by atoms with Crippen molar-refractivity contribution in [1.82, 2.24) is 0 Å². The third-order valence-corrected chi connectivity index (χ3v) is 2.49. The predicted molar refractivity (Wildman–Crippen MR) is 54.1 cm³/mol. The number of rotatable bonds is 5. The van der Waals surface area contributed by atoms with Gasteiger partial charge in [0.05, 0.1) is 0 Å². The van der Waals surface area contributed by atoms with Crippen LogP contribution in [0.4, 0.5) is 0 Å². The first-order valence-corrected chi connectivity index (χ1v) is 4.81. The molecule has 0 aromatic heterocycles. The summed E-state index contributed by atoms with van der Waals surface area (Å²) in [5.41, 5.74) is 2.94. The molecule has 0 aromatic carbocycles. The quantitative estimate of drug-likeness (QED) is 0.628. The highest BCUT2D eigenvalue weighted by molar-refractivity contribution is 5.06. The molecule has 0 radical (unpaired) electrons. The Labute approximate surface area is 76.5 Å². The largest absolute Gasteiger partial charge is 0.396 e. The number of aliphatic hydroxyl groups excluding tert-OH is 1. The van der Waals surface area contributed by atoms with Crippen LogP contribution in [0.5, 0.6) is 0 Å². The van der Waals surface area contributed by atoms with Gasteiger partial charge in [-0.3, -0.25) is 0 Å². The van der Waals surface area contributed by atoms with Crippen molar-refractivity contribution in [3.8, 4) is 0 Å². The fourth-order valence-electron chi connectivity index (χ4n) is 1.08. The van der Waals surface area contributed by atoms with E-state index in [2.05, 4.69) is 27.7 Å². The molecule has 1 unspecified atom stereocenters. The van der Waals surface area contributed by atoms with E-state index < -0.39 is 0 Å². The standard InChI is InChI=1S/C11H22O/c1-9(2)11(4)6-5-10(3)7-8-12/h10,12H,5-8H2,1-4H3. The second-order valence-electron chi connectivity index (χ2n) is 3.94. The molecule has 0 bridgehead atoms. The molecule has 0 spiro atoms. The van der Waals surface area contributed by atoms with Gasteiger partial charge in [-0.25, -0.2) is 0 Å². The Balaban J connectivity index is 3.61. The van der Waals surface area contributed by atoms with Crippen molar-refractivity contribution in [2.24, 2.45) is 5.92 Å². The SMILES string of the molecule is CC(C)=C(C)CCC(C)CCO. The van der Waals surface area contributed by atoms with E-state index in [0.29, 0.717) is 12.5 Å². The van der Waals surface area contributed by atoms with Crippen molar-refractivity contribution in [3.63, 3.8) is 0 Å². The summed E-state index contributed by atoms with van der Waals surface area (Å²) in [6, 6.07) is 0. The van der Waals surface area contributed by atoms with Gasteiger partial charge in [-0.05, 0) is 46.0 Å². The van der Waals surface area contributed by atoms with Crippen LogP contribution < -0.4 is 0 Å². The highest BCUT2D eigenvalue weighted by Gasteiger charge is 2.01. The van der Waals surface area contributed by atoms with Gasteiger partial charge in [0.1, 0.15) is 0 Å². The zero-order valence-electron chi connectivity index (χ0n) is 8.85. The summed E-state index contributed by atoms with van der Waals surface area (Å²) < 4.78 is 0. The summed E-state index contributed by atoms with van der Waals surface area (Å²) in [5.74, 6) is 0.657. The highest BCUT2D eigenvalue weighted by atomic mass is 16.2. The summed E-state index contributed by atoms with van der Waals surface area (Å²) >= 11 is 0. The van der Waals surface area contributed by atoms with E-state index in [9.17, 15) is 0 Å². The lowest BCUT2D eigenvalue weighted by Gasteiger charge is -2.10. The van der Waals surface area contributed by atoms with Crippen LogP contribution in [0.25, 0.3) is 0 Å². The molecular formula is C11H22O. The van der Waals surface area contributed by atoms with E-state index in [4.69, 9.17) is 5.11 Å². The smallest absolute Gasteiger partial charge is 0.0433 e. The van der Waals surface area contributed by atoms with Gasteiger partial charge in [0, 0.05) is 6.61 Å². The molecule has 0 heterocycles. The van der Waals surface area contributed by atoms with Gasteiger partial charge in [-0.15, -0.1) is 0 Å². The van der Waals surface area contributed by atoms with Gasteiger partial charge in [-0.1, -0.05) is 18.1 Å². The maximum absolute atomic E-state index is 8.70. The first kappa shape index (κ1) is 11.7. The number of hydrogen-bond acceptors (Lipinski definition) is 1. The molecule has 1 nitrogen and oxygen atoms in total. The Morgan fingerprint density at radius 1 is 1.17 bits per heavy atom. The maximum Gasteiger partial charge on any atom is 0.0433 e. The fraction of sp³-hybridized carbons (Fsp3) is 0.818. The maximum atomic E-state index is 8.70. The van der Waals surface area contributed by atoms with E-state index in [1.54, 1.807) is 0 Å². The summed E-state index contributed by atoms with van der Waals surface area (Å²) in [7, 11) is 0. The Bertz CT molecular complexity index is 143. The summed E-state index contributed by atoms with van der Waals surface area (Å²) in [6.07, 6.45) is 3.33. The third kappa shape index (κ3) is 5.36. The molecule has 0 amide bonds. The average molecular weight is 170 g/mol. The van der Waals surface area contributed by atoms with Crippen LogP contribution in [-0.4, -0.2) is 11.7 Å². The molecule has 72 valence electrons. The molecule has 0 aromatic rings. The lowest BCUT2D eigenvalue weighted by atomic mass is 9.97. The van der Waals surface area contributed by atoms with E-state index in [1.165, 1.54) is 24.0 Å². The van der Waals surface area contributed by atoms with Crippen molar-refractivity contribution >= 4 is 0 Å². The number of hydrogen-bond donors (Lipinski definition) is 1. The molecule has 0 saturated carbocycles. The first-order chi connectivity index (χ1) is 5.57. The normalized spacial score (nSPS) is 12.8. The van der Waals surface area contributed by atoms with Gasteiger partial charge >= 0.3 is 0 Å². The lowest BCUT2D eigenvalue weighted by Crippen LogP contribution is -1.98. The van der Waals surface area contributed by atoms with Crippen molar-refractivity contribution in [2.75, 3.05) is 6.61 Å². The summed E-state index contributed by atoms with van der Waals surface area (Å²) in [5, 5.41) is 8.70. The molecular weight excluding hydrogens is 148 g/mol. The van der Waals surface area contributed by atoms with Crippen molar-refractivity contribution in [1.29, 1.82) is 0 Å². The van der Waals surface area contributed by atoms with Crippen LogP contribution in [0.2, 0.25) is 0 Å². The molecule has 0 aliphatic heterocycles. The second-order valence-corrected chi connectivity index (χ2v) is 3.94. The lowest BCUT2D eigenvalue weighted by molar-refractivity contribution is 0.258. The molecule has 0 saturated heterocycles. The molecule has 12 heavy (non-hydrogen) atoms. The second kappa shape index (κ2) is 6.24. The van der Waals surface area contributed by atoms with Gasteiger partial charge < -0.3 is 5.11 Å². The summed E-state index contributed by atoms with van der Waals surface area (Å²) in [4.78, 5) is 0. The van der Waals surface area contributed by atoms with Gasteiger partial charge in [0.2, 0.25) is 0 Å². The summed E-state index contributed by atoms with van der Waals surface area (Å²) in [6.45, 7) is 9.04. The van der Waals surface area contributed by atoms with E-state index in [0.717, 1.165) is 6.42 Å². The van der Waals surface area contributed by atoms with Crippen LogP contribution >= 0.6 is 0 Å². The molecule has 0 aliphatic rings. The van der Waals surface area contributed by atoms with E-state index >= 15 is 0 Å². The number of allylic oxidation sites excluding steroid dienone is 2. The Morgan fingerprint density at radius 2 is 1.75 bits per heavy atom. The minimum atomic E-state index is 0.328. The van der Waals surface area contributed by atoms with Gasteiger partial charge in [-0.2, -0.15) is 0 Å². The zero-order valence-corrected chi connectivity index (χ0v) is 8.85. The molecule has 1 heteroatoms. The third-order valence-electron chi connectivity index (χ3n) is 2.49. The van der Waals surface area contributed by atoms with Crippen molar-refractivity contribution in [3.05, 3.63) is 11.1 Å². The molecule has 1 N–H and O–H groups in total. The van der Waals surface area contributed by atoms with E-state index in [1.807, 2.05) is 0 Å². The molecule has 1 atom stereocenters. The molecule has 0 fully saturated rings. The van der Waals surface area contributed by atoms with Gasteiger partial charge in [0.15, 0.2) is 0 Å². The molecule has 0 aliphatic carbocycles. The Kier molecular flexibility index (Phi) is 6.09. The predicted octanol–water partition coefficient (Wildman–Crippen LogP) is 3.14. The highest BCUT2D eigenvalue weighted by Crippen LogP contribution is 2.16. The van der Waals surface area contributed by atoms with Crippen LogP contribution in [0.15, 0.2) is 11.1 Å². The topological polar surface area (TPSA) is 20.2 Å².